The summed E-state index contributed by atoms with van der Waals surface area (Å²) < 4.78 is 22.1. The zero-order valence-electron chi connectivity index (χ0n) is 9.83. The Morgan fingerprint density at radius 1 is 1.53 bits per heavy atom. The number of rotatable bonds is 3. The summed E-state index contributed by atoms with van der Waals surface area (Å²) >= 11 is 0.964. The van der Waals surface area contributed by atoms with Gasteiger partial charge in [0.1, 0.15) is 0 Å². The molecule has 6 nitrogen and oxygen atoms in total. The first-order chi connectivity index (χ1) is 9.04. The number of carbonyl (C=O) groups excluding carboxylic acids is 1. The van der Waals surface area contributed by atoms with Gasteiger partial charge >= 0.3 is 131 Å². The molecule has 2 saturated heterocycles. The Labute approximate surface area is 130 Å². The van der Waals surface area contributed by atoms with Crippen molar-refractivity contribution in [3.05, 3.63) is 18.2 Å². The van der Waals surface area contributed by atoms with E-state index in [4.69, 9.17) is 14.2 Å². The van der Waals surface area contributed by atoms with Gasteiger partial charge in [0.25, 0.3) is 0 Å². The van der Waals surface area contributed by atoms with Crippen LogP contribution in [0, 0.1) is 0 Å². The van der Waals surface area contributed by atoms with Gasteiger partial charge in [0.15, 0.2) is 0 Å². The van der Waals surface area contributed by atoms with Crippen LogP contribution >= 0.6 is 43.0 Å². The molecule has 1 atom stereocenters. The molecule has 0 radical (unpaired) electrons. The summed E-state index contributed by atoms with van der Waals surface area (Å²) in [6, 6.07) is 5.28. The number of fused-ring (bicyclic) bond motifs is 2. The third-order valence-corrected chi connectivity index (χ3v) is 10.4. The molecule has 1 aromatic rings. The molecule has 3 aliphatic heterocycles. The quantitative estimate of drug-likeness (QED) is 0.128. The van der Waals surface area contributed by atoms with Crippen LogP contribution in [0.5, 0.6) is 17.2 Å². The number of carbonyl (C=O) groups is 1. The molecule has 0 saturated carbocycles. The molecule has 0 spiro atoms. The molecule has 102 valence electrons. The maximum atomic E-state index is 12.4. The van der Waals surface area contributed by atoms with E-state index in [-0.39, 0.29) is 16.4 Å². The molecule has 8 heteroatoms. The van der Waals surface area contributed by atoms with Crippen LogP contribution in [0.15, 0.2) is 18.2 Å². The number of hydrogen-bond donors (Lipinski definition) is 2. The van der Waals surface area contributed by atoms with E-state index in [2.05, 4.69) is 29.7 Å². The van der Waals surface area contributed by atoms with E-state index >= 15 is 0 Å². The number of esters is 1. The van der Waals surface area contributed by atoms with E-state index in [1.54, 1.807) is 18.2 Å². The minimum absolute atomic E-state index is 0.135. The average Bonchev–Trinajstić information content (AvgIpc) is 3.17. The van der Waals surface area contributed by atoms with Crippen molar-refractivity contribution in [3.63, 3.8) is 0 Å². The molecule has 19 heavy (non-hydrogen) atoms. The van der Waals surface area contributed by atoms with Crippen LogP contribution in [-0.4, -0.2) is 19.9 Å². The summed E-state index contributed by atoms with van der Waals surface area (Å²) in [4.78, 5) is 12.4. The summed E-state index contributed by atoms with van der Waals surface area (Å²) in [5.41, 5.74) is 0. The molecule has 3 heterocycles. The number of benzene rings is 1. The fourth-order valence-electron chi connectivity index (χ4n) is 1.90. The van der Waals surface area contributed by atoms with Crippen molar-refractivity contribution in [1.29, 1.82) is 0 Å². The molecule has 0 amide bonds. The molecule has 4 rings (SSSR count). The van der Waals surface area contributed by atoms with Crippen LogP contribution < -0.4 is 21.3 Å². The summed E-state index contributed by atoms with van der Waals surface area (Å²) in [6.45, 7) is 2.05. The Morgan fingerprint density at radius 2 is 2.26 bits per heavy atom. The van der Waals surface area contributed by atoms with E-state index < -0.39 is 23.8 Å². The number of hydrogen-bond acceptors (Lipinski definition) is 6. The average molecular weight is 488 g/mol. The molecule has 2 fully saturated rings. The molecular formula is C11H10I2N2O4. The maximum absolute atomic E-state index is 12.4. The minimum atomic E-state index is -1.19. The van der Waals surface area contributed by atoms with Crippen LogP contribution in [0.4, 0.5) is 0 Å². The number of halogens is 2. The summed E-state index contributed by atoms with van der Waals surface area (Å²) in [5.74, 6) is 1.26. The van der Waals surface area contributed by atoms with Crippen molar-refractivity contribution >= 4 is 48.9 Å². The van der Waals surface area contributed by atoms with Gasteiger partial charge in [-0.15, -0.1) is 0 Å². The SMILES string of the molecule is CC(I)(C(=O)Oc1cccc2c1OCO2)C12NI1N2. The second-order valence-corrected chi connectivity index (χ2v) is 11.0. The Bertz CT molecular complexity index is 586. The predicted octanol–water partition coefficient (Wildman–Crippen LogP) is 1.71. The van der Waals surface area contributed by atoms with E-state index in [0.29, 0.717) is 17.2 Å². The van der Waals surface area contributed by atoms with E-state index in [1.165, 1.54) is 0 Å². The van der Waals surface area contributed by atoms with Crippen LogP contribution in [0.1, 0.15) is 6.92 Å². The fourth-order valence-corrected chi connectivity index (χ4v) is 9.64. The van der Waals surface area contributed by atoms with Crippen LogP contribution in [0.25, 0.3) is 0 Å². The Morgan fingerprint density at radius 3 is 2.95 bits per heavy atom. The van der Waals surface area contributed by atoms with Gasteiger partial charge in [-0.3, -0.25) is 0 Å². The van der Waals surface area contributed by atoms with Gasteiger partial charge in [-0.2, -0.15) is 0 Å². The van der Waals surface area contributed by atoms with E-state index in [9.17, 15) is 4.79 Å². The first kappa shape index (κ1) is 12.4. The molecule has 0 aromatic heterocycles. The van der Waals surface area contributed by atoms with Gasteiger partial charge in [0, 0.05) is 0 Å². The molecule has 3 aliphatic rings. The molecule has 2 N–H and O–H groups in total. The van der Waals surface area contributed by atoms with Crippen LogP contribution in [0.3, 0.4) is 0 Å². The van der Waals surface area contributed by atoms with Gasteiger partial charge in [-0.1, -0.05) is 0 Å². The zero-order chi connectivity index (χ0) is 13.3. The normalized spacial score (nSPS) is 25.3. The third kappa shape index (κ3) is 1.69. The zero-order valence-corrected chi connectivity index (χ0v) is 14.1. The number of alkyl halides is 2. The first-order valence-electron chi connectivity index (χ1n) is 5.60. The summed E-state index contributed by atoms with van der Waals surface area (Å²) in [6.07, 6.45) is 0. The van der Waals surface area contributed by atoms with Crippen molar-refractivity contribution in [2.24, 2.45) is 0 Å². The van der Waals surface area contributed by atoms with Gasteiger partial charge in [0.2, 0.25) is 0 Å². The van der Waals surface area contributed by atoms with Crippen molar-refractivity contribution in [2.75, 3.05) is 6.79 Å². The summed E-state index contributed by atoms with van der Waals surface area (Å²) in [7, 11) is 0. The van der Waals surface area contributed by atoms with Crippen molar-refractivity contribution in [2.45, 2.75) is 14.0 Å². The van der Waals surface area contributed by atoms with Gasteiger partial charge < -0.3 is 0 Å². The molecular weight excluding hydrogens is 478 g/mol. The van der Waals surface area contributed by atoms with E-state index in [1.807, 2.05) is 6.92 Å². The van der Waals surface area contributed by atoms with Gasteiger partial charge in [-0.05, 0) is 0 Å². The van der Waals surface area contributed by atoms with Crippen LogP contribution in [-0.2, 0) is 4.79 Å². The molecule has 1 unspecified atom stereocenters. The molecule has 0 aliphatic carbocycles. The monoisotopic (exact) mass is 488 g/mol. The van der Waals surface area contributed by atoms with Crippen molar-refractivity contribution in [1.82, 2.24) is 7.06 Å². The Balaban J connectivity index is 1.59. The van der Waals surface area contributed by atoms with Crippen molar-refractivity contribution < 1.29 is 19.0 Å². The van der Waals surface area contributed by atoms with Gasteiger partial charge in [-0.25, -0.2) is 0 Å². The number of para-hydroxylation sites is 1. The third-order valence-electron chi connectivity index (χ3n) is 3.25. The van der Waals surface area contributed by atoms with Crippen LogP contribution in [0.2, 0.25) is 0 Å². The van der Waals surface area contributed by atoms with E-state index in [0.717, 1.165) is 0 Å². The second-order valence-electron chi connectivity index (χ2n) is 4.51. The topological polar surface area (TPSA) is 88.6 Å². The standard InChI is InChI=1S/C11H10I2N2O4/c1-10(12,11-13(14-11)15-11)9(16)19-7-4-2-3-6-8(7)18-5-17-6/h2-4,14-15H,5H2,1H3. The predicted molar refractivity (Wildman–Crippen MR) is 83.6 cm³/mol. The number of nitrogens with one attached hydrogen (secondary N) is 2. The van der Waals surface area contributed by atoms with Crippen molar-refractivity contribution in [3.8, 4) is 17.2 Å². The fraction of sp³-hybridized carbons (Fsp3) is 0.364. The van der Waals surface area contributed by atoms with Gasteiger partial charge in [0.05, 0.1) is 0 Å². The Hall–Kier alpha value is -0.330. The molecule has 0 bridgehead atoms. The summed E-state index contributed by atoms with van der Waals surface area (Å²) in [5, 5.41) is 0. The second kappa shape index (κ2) is 3.86. The first-order valence-corrected chi connectivity index (χ1v) is 9.91. The number of ether oxygens (including phenoxy) is 3. The Kier molecular flexibility index (Phi) is 2.52. The molecule has 1 aromatic carbocycles.